The van der Waals surface area contributed by atoms with Crippen LogP contribution in [0, 0.1) is 0 Å². The van der Waals surface area contributed by atoms with Crippen molar-refractivity contribution in [3.63, 3.8) is 0 Å². The highest BCUT2D eigenvalue weighted by Gasteiger charge is 2.47. The first-order valence-corrected chi connectivity index (χ1v) is 12.3. The number of thioether (sulfide) groups is 1. The van der Waals surface area contributed by atoms with Gasteiger partial charge >= 0.3 is 11.3 Å². The van der Waals surface area contributed by atoms with Crippen molar-refractivity contribution in [2.24, 2.45) is 0 Å². The van der Waals surface area contributed by atoms with Gasteiger partial charge in [0, 0.05) is 22.3 Å². The van der Waals surface area contributed by atoms with Crippen molar-refractivity contribution < 1.29 is 14.2 Å². The highest BCUT2D eigenvalue weighted by molar-refractivity contribution is 9.10. The van der Waals surface area contributed by atoms with Gasteiger partial charge in [-0.25, -0.2) is 4.90 Å². The summed E-state index contributed by atoms with van der Waals surface area (Å²) in [6.45, 7) is 5.53. The first-order valence-electron chi connectivity index (χ1n) is 10.2. The number of amides is 1. The van der Waals surface area contributed by atoms with Gasteiger partial charge in [0.25, 0.3) is 6.17 Å². The van der Waals surface area contributed by atoms with E-state index in [1.165, 1.54) is 11.8 Å². The number of nitrogens with one attached hydrogen (secondary N) is 1. The maximum Gasteiger partial charge on any atom is 0.325 e. The van der Waals surface area contributed by atoms with Crippen molar-refractivity contribution in [2.75, 3.05) is 17.8 Å². The van der Waals surface area contributed by atoms with Crippen molar-refractivity contribution >= 4 is 50.9 Å². The van der Waals surface area contributed by atoms with Crippen LogP contribution < -0.4 is 19.9 Å². The Bertz CT molecular complexity index is 1310. The van der Waals surface area contributed by atoms with E-state index >= 15 is 0 Å². The quantitative estimate of drug-likeness (QED) is 0.274. The molecule has 0 radical (unpaired) electrons. The molecule has 0 spiro atoms. The zero-order chi connectivity index (χ0) is 23.7. The molecule has 2 heterocycles. The topological polar surface area (TPSA) is 79.2 Å². The van der Waals surface area contributed by atoms with E-state index in [4.69, 9.17) is 21.4 Å². The summed E-state index contributed by atoms with van der Waals surface area (Å²) in [5.74, 6) is 0.928. The number of anilines is 1. The Morgan fingerprint density at radius 1 is 1.42 bits per heavy atom. The third-order valence-electron chi connectivity index (χ3n) is 5.19. The van der Waals surface area contributed by atoms with Gasteiger partial charge in [-0.1, -0.05) is 48.5 Å². The predicted octanol–water partition coefficient (Wildman–Crippen LogP) is 4.73. The molecule has 1 aliphatic rings. The van der Waals surface area contributed by atoms with Gasteiger partial charge in [0.15, 0.2) is 0 Å². The number of benzene rings is 2. The molecule has 1 atom stereocenters. The molecule has 0 bridgehead atoms. The smallest absolute Gasteiger partial charge is 0.325 e. The Morgan fingerprint density at radius 2 is 2.18 bits per heavy atom. The van der Waals surface area contributed by atoms with E-state index in [-0.39, 0.29) is 17.9 Å². The van der Waals surface area contributed by atoms with Gasteiger partial charge in [-0.2, -0.15) is 0 Å². The van der Waals surface area contributed by atoms with Gasteiger partial charge in [0.2, 0.25) is 11.1 Å². The van der Waals surface area contributed by atoms with Crippen molar-refractivity contribution in [3.05, 3.63) is 74.5 Å². The lowest BCUT2D eigenvalue weighted by Crippen LogP contribution is -2.61. The molecule has 2 aromatic carbocycles. The average molecular weight is 549 g/mol. The summed E-state index contributed by atoms with van der Waals surface area (Å²) in [6.07, 6.45) is 1.19. The van der Waals surface area contributed by atoms with Gasteiger partial charge in [-0.3, -0.25) is 14.6 Å². The Kier molecular flexibility index (Phi) is 6.92. The van der Waals surface area contributed by atoms with Crippen LogP contribution in [0.2, 0.25) is 5.02 Å². The van der Waals surface area contributed by atoms with Gasteiger partial charge < -0.3 is 4.74 Å². The van der Waals surface area contributed by atoms with E-state index in [0.717, 1.165) is 0 Å². The first-order chi connectivity index (χ1) is 15.9. The molecule has 0 aliphatic carbocycles. The molecule has 1 N–H and O–H groups in total. The number of hydrogen-bond acceptors (Lipinski definition) is 5. The second-order valence-electron chi connectivity index (χ2n) is 7.17. The number of H-pyrrole nitrogens is 1. The number of halogens is 2. The molecule has 0 unspecified atom stereocenters. The van der Waals surface area contributed by atoms with Crippen molar-refractivity contribution in [1.29, 1.82) is 0 Å². The minimum absolute atomic E-state index is 0.133. The molecule has 0 saturated heterocycles. The zero-order valence-electron chi connectivity index (χ0n) is 18.0. The first kappa shape index (κ1) is 23.5. The minimum atomic E-state index is -0.794. The molecular formula is C23H21BrClN4O3S+. The van der Waals surface area contributed by atoms with Gasteiger partial charge in [0.1, 0.15) is 5.75 Å². The molecule has 4 rings (SSSR count). The molecule has 1 aliphatic heterocycles. The van der Waals surface area contributed by atoms with Crippen LogP contribution in [0.5, 0.6) is 5.75 Å². The van der Waals surface area contributed by atoms with Crippen LogP contribution in [0.3, 0.4) is 0 Å². The third kappa shape index (κ3) is 4.20. The number of aromatic amines is 1. The lowest BCUT2D eigenvalue weighted by molar-refractivity contribution is -0.763. The fourth-order valence-electron chi connectivity index (χ4n) is 3.88. The number of rotatable bonds is 6. The molecule has 170 valence electrons. The van der Waals surface area contributed by atoms with E-state index in [1.807, 2.05) is 24.3 Å². The van der Waals surface area contributed by atoms with Crippen LogP contribution in [-0.2, 0) is 4.79 Å². The molecule has 0 saturated carbocycles. The lowest BCUT2D eigenvalue weighted by Gasteiger charge is -2.32. The summed E-state index contributed by atoms with van der Waals surface area (Å²) in [7, 11) is 1.54. The van der Waals surface area contributed by atoms with E-state index in [2.05, 4.69) is 27.5 Å². The number of methoxy groups -OCH3 is 1. The van der Waals surface area contributed by atoms with E-state index < -0.39 is 6.17 Å². The number of fused-ring (bicyclic) bond motifs is 3. The Morgan fingerprint density at radius 3 is 2.88 bits per heavy atom. The summed E-state index contributed by atoms with van der Waals surface area (Å²) in [6, 6.07) is 10.7. The van der Waals surface area contributed by atoms with Crippen LogP contribution in [0.4, 0.5) is 5.69 Å². The molecule has 1 amide bonds. The molecule has 7 nitrogen and oxygen atoms in total. The Hall–Kier alpha value is -2.62. The standard InChI is InChI=1S/C23H20BrClN4O3S/c1-4-10-33-23-26-21(31)19-14-8-6-7-9-17(14)28(18(30)5-2)22(29(19)27-23)15-11-13(25)12-16(24)20(15)32-3/h4,6-9,11-12,22H,1,5,10H2,2-3H3/p+1/t22-/m0/s1. The number of ether oxygens (including phenoxy) is 1. The average Bonchev–Trinajstić information content (AvgIpc) is 2.80. The largest absolute Gasteiger partial charge is 0.495 e. The van der Waals surface area contributed by atoms with Crippen LogP contribution in [0.15, 0.2) is 63.5 Å². The lowest BCUT2D eigenvalue weighted by atomic mass is 10.0. The summed E-state index contributed by atoms with van der Waals surface area (Å²) >= 11 is 11.3. The predicted molar refractivity (Wildman–Crippen MR) is 133 cm³/mol. The van der Waals surface area contributed by atoms with Gasteiger partial charge in [-0.05, 0) is 44.9 Å². The van der Waals surface area contributed by atoms with Gasteiger partial charge in [0.05, 0.1) is 28.4 Å². The van der Waals surface area contributed by atoms with Crippen LogP contribution in [-0.4, -0.2) is 28.9 Å². The fraction of sp³-hybridized carbons (Fsp3) is 0.217. The third-order valence-corrected chi connectivity index (χ3v) is 6.85. The molecule has 1 aromatic heterocycles. The molecule has 3 aromatic rings. The Balaban J connectivity index is 2.11. The van der Waals surface area contributed by atoms with E-state index in [1.54, 1.807) is 41.8 Å². The van der Waals surface area contributed by atoms with Crippen molar-refractivity contribution in [1.82, 2.24) is 10.1 Å². The maximum atomic E-state index is 13.3. The maximum absolute atomic E-state index is 13.3. The molecule has 33 heavy (non-hydrogen) atoms. The second-order valence-corrected chi connectivity index (χ2v) is 9.47. The number of carbonyl (C=O) groups excluding carboxylic acids is 1. The summed E-state index contributed by atoms with van der Waals surface area (Å²) in [5, 5.41) is 5.60. The van der Waals surface area contributed by atoms with Crippen molar-refractivity contribution in [3.8, 4) is 17.0 Å². The van der Waals surface area contributed by atoms with Crippen LogP contribution >= 0.6 is 39.3 Å². The molecule has 0 fully saturated rings. The Labute approximate surface area is 208 Å². The fourth-order valence-corrected chi connectivity index (χ4v) is 5.47. The second kappa shape index (κ2) is 9.70. The van der Waals surface area contributed by atoms with Crippen molar-refractivity contribution in [2.45, 2.75) is 24.7 Å². The monoisotopic (exact) mass is 547 g/mol. The minimum Gasteiger partial charge on any atom is -0.495 e. The summed E-state index contributed by atoms with van der Waals surface area (Å²) in [5.41, 5.74) is 1.86. The number of carbonyl (C=O) groups is 1. The van der Waals surface area contributed by atoms with Crippen LogP contribution in [0.25, 0.3) is 11.3 Å². The van der Waals surface area contributed by atoms with E-state index in [0.29, 0.717) is 48.7 Å². The van der Waals surface area contributed by atoms with E-state index in [9.17, 15) is 9.59 Å². The number of hydrogen-bond donors (Lipinski definition) is 1. The number of para-hydroxylation sites is 1. The van der Waals surface area contributed by atoms with Gasteiger partial charge in [-0.15, -0.1) is 6.58 Å². The highest BCUT2D eigenvalue weighted by Crippen LogP contribution is 2.43. The number of nitrogens with zero attached hydrogens (tertiary/aromatic N) is 3. The molecular weight excluding hydrogens is 528 g/mol. The SMILES string of the molecule is C=CCSc1n[n+]2c(c(=O)[nH]1)-c1ccccc1N(C(=O)CC)[C@@H]2c1cc(Cl)cc(Br)c1OC. The molecule has 10 heteroatoms. The number of aromatic nitrogens is 3. The highest BCUT2D eigenvalue weighted by atomic mass is 79.9. The summed E-state index contributed by atoms with van der Waals surface area (Å²) in [4.78, 5) is 31.1. The van der Waals surface area contributed by atoms with Crippen LogP contribution in [0.1, 0.15) is 25.1 Å². The normalized spacial score (nSPS) is 14.4. The summed E-state index contributed by atoms with van der Waals surface area (Å²) < 4.78 is 7.90. The zero-order valence-corrected chi connectivity index (χ0v) is 21.1.